The lowest BCUT2D eigenvalue weighted by molar-refractivity contribution is -0.143. The lowest BCUT2D eigenvalue weighted by Crippen LogP contribution is -2.57. The van der Waals surface area contributed by atoms with E-state index in [0.29, 0.717) is 5.56 Å². The molecule has 1 aromatic rings. The Morgan fingerprint density at radius 3 is 1.59 bits per heavy atom. The molecule has 0 aromatic heterocycles. The maximum absolute atomic E-state index is 12.9. The zero-order valence-electron chi connectivity index (χ0n) is 19.6. The molecular formula is C22H30N4O10S. The van der Waals surface area contributed by atoms with E-state index in [2.05, 4.69) is 28.6 Å². The molecular weight excluding hydrogens is 512 g/mol. The molecule has 4 unspecified atom stereocenters. The molecule has 14 nitrogen and oxygen atoms in total. The first-order valence-corrected chi connectivity index (χ1v) is 11.7. The third-order valence-electron chi connectivity index (χ3n) is 5.08. The molecule has 0 fully saturated rings. The number of aromatic hydroxyl groups is 1. The first-order chi connectivity index (χ1) is 17.3. The third-order valence-corrected chi connectivity index (χ3v) is 5.48. The number of nitrogens with two attached hydrogens (primary N) is 1. The zero-order valence-corrected chi connectivity index (χ0v) is 20.5. The summed E-state index contributed by atoms with van der Waals surface area (Å²) < 4.78 is 0. The van der Waals surface area contributed by atoms with Crippen LogP contribution in [0.15, 0.2) is 24.3 Å². The molecule has 4 atom stereocenters. The van der Waals surface area contributed by atoms with E-state index in [-0.39, 0.29) is 24.3 Å². The van der Waals surface area contributed by atoms with Gasteiger partial charge in [0.15, 0.2) is 0 Å². The summed E-state index contributed by atoms with van der Waals surface area (Å²) >= 11 is 3.88. The van der Waals surface area contributed by atoms with Crippen LogP contribution in [-0.4, -0.2) is 86.0 Å². The maximum atomic E-state index is 12.9. The van der Waals surface area contributed by atoms with Crippen LogP contribution in [0.25, 0.3) is 0 Å². The van der Waals surface area contributed by atoms with Crippen molar-refractivity contribution in [3.05, 3.63) is 29.8 Å². The highest BCUT2D eigenvalue weighted by Gasteiger charge is 2.31. The Morgan fingerprint density at radius 2 is 1.19 bits per heavy atom. The van der Waals surface area contributed by atoms with Crippen molar-refractivity contribution in [3.8, 4) is 5.75 Å². The van der Waals surface area contributed by atoms with Crippen molar-refractivity contribution < 1.29 is 49.2 Å². The third kappa shape index (κ3) is 11.6. The Labute approximate surface area is 217 Å². The van der Waals surface area contributed by atoms with Crippen LogP contribution in [0.1, 0.15) is 31.2 Å². The number of phenols is 1. The van der Waals surface area contributed by atoms with Crippen LogP contribution in [-0.2, 0) is 35.2 Å². The summed E-state index contributed by atoms with van der Waals surface area (Å²) in [6.45, 7) is 0. The molecule has 37 heavy (non-hydrogen) atoms. The van der Waals surface area contributed by atoms with Crippen molar-refractivity contribution in [1.82, 2.24) is 16.0 Å². The van der Waals surface area contributed by atoms with Gasteiger partial charge in [-0.15, -0.1) is 0 Å². The van der Waals surface area contributed by atoms with Gasteiger partial charge in [0.25, 0.3) is 0 Å². The molecule has 204 valence electrons. The molecule has 1 rings (SSSR count). The van der Waals surface area contributed by atoms with E-state index in [1.807, 2.05) is 0 Å². The highest BCUT2D eigenvalue weighted by Crippen LogP contribution is 2.12. The average molecular weight is 543 g/mol. The van der Waals surface area contributed by atoms with Crippen LogP contribution >= 0.6 is 12.6 Å². The van der Waals surface area contributed by atoms with Gasteiger partial charge in [-0.2, -0.15) is 12.6 Å². The summed E-state index contributed by atoms with van der Waals surface area (Å²) in [5.41, 5.74) is 6.04. The lowest BCUT2D eigenvalue weighted by atomic mass is 10.0. The number of benzene rings is 1. The van der Waals surface area contributed by atoms with Crippen LogP contribution in [0.3, 0.4) is 0 Å². The van der Waals surface area contributed by atoms with E-state index in [1.54, 1.807) is 0 Å². The lowest BCUT2D eigenvalue weighted by Gasteiger charge is -2.25. The summed E-state index contributed by atoms with van der Waals surface area (Å²) in [5, 5.41) is 43.7. The van der Waals surface area contributed by atoms with Gasteiger partial charge in [0, 0.05) is 25.0 Å². The quantitative estimate of drug-likeness (QED) is 0.108. The van der Waals surface area contributed by atoms with Crippen molar-refractivity contribution in [2.45, 2.75) is 56.3 Å². The number of carbonyl (C=O) groups is 6. The van der Waals surface area contributed by atoms with Crippen LogP contribution < -0.4 is 21.7 Å². The van der Waals surface area contributed by atoms with Gasteiger partial charge in [0.2, 0.25) is 17.7 Å². The SMILES string of the molecule is NC(CS)C(=O)NC(CCC(=O)O)C(=O)NC(CCC(=O)O)C(=O)NC(Cc1ccc(O)cc1)C(=O)O. The molecule has 1 aromatic carbocycles. The fraction of sp³-hybridized carbons (Fsp3) is 0.455. The molecule has 0 radical (unpaired) electrons. The summed E-state index contributed by atoms with van der Waals surface area (Å²) in [7, 11) is 0. The molecule has 0 aliphatic rings. The first-order valence-electron chi connectivity index (χ1n) is 11.1. The van der Waals surface area contributed by atoms with Gasteiger partial charge in [-0.3, -0.25) is 24.0 Å². The number of nitrogens with one attached hydrogen (secondary N) is 3. The summed E-state index contributed by atoms with van der Waals surface area (Å²) in [5.74, 6) is -6.86. The number of aliphatic carboxylic acids is 3. The Bertz CT molecular complexity index is 988. The van der Waals surface area contributed by atoms with E-state index >= 15 is 0 Å². The summed E-state index contributed by atoms with van der Waals surface area (Å²) in [6, 6.07) is 0.0467. The minimum Gasteiger partial charge on any atom is -0.508 e. The predicted octanol–water partition coefficient (Wildman–Crippen LogP) is -1.54. The molecule has 15 heteroatoms. The predicted molar refractivity (Wildman–Crippen MR) is 131 cm³/mol. The minimum atomic E-state index is -1.52. The van der Waals surface area contributed by atoms with E-state index in [4.69, 9.17) is 15.9 Å². The Hall–Kier alpha value is -3.85. The number of carboxylic acids is 3. The number of carboxylic acid groups (broad SMARTS) is 3. The second kappa shape index (κ2) is 15.3. The Morgan fingerprint density at radius 1 is 0.757 bits per heavy atom. The van der Waals surface area contributed by atoms with Crippen molar-refractivity contribution >= 4 is 48.3 Å². The highest BCUT2D eigenvalue weighted by molar-refractivity contribution is 7.80. The minimum absolute atomic E-state index is 0.0454. The number of carbonyl (C=O) groups excluding carboxylic acids is 3. The highest BCUT2D eigenvalue weighted by atomic mass is 32.1. The van der Waals surface area contributed by atoms with E-state index in [1.165, 1.54) is 24.3 Å². The van der Waals surface area contributed by atoms with E-state index in [9.17, 15) is 39.0 Å². The van der Waals surface area contributed by atoms with Gasteiger partial charge in [0.05, 0.1) is 6.04 Å². The van der Waals surface area contributed by atoms with Gasteiger partial charge in [-0.1, -0.05) is 12.1 Å². The van der Waals surface area contributed by atoms with Crippen LogP contribution in [0, 0.1) is 0 Å². The second-order valence-electron chi connectivity index (χ2n) is 8.05. The number of hydrogen-bond donors (Lipinski definition) is 9. The number of rotatable bonds is 16. The first kappa shape index (κ1) is 31.2. The topological polar surface area (TPSA) is 245 Å². The molecule has 9 N–H and O–H groups in total. The smallest absolute Gasteiger partial charge is 0.326 e. The molecule has 0 bridgehead atoms. The molecule has 0 saturated heterocycles. The van der Waals surface area contributed by atoms with Crippen LogP contribution in [0.5, 0.6) is 5.75 Å². The van der Waals surface area contributed by atoms with Gasteiger partial charge in [0.1, 0.15) is 23.9 Å². The van der Waals surface area contributed by atoms with E-state index < -0.39 is 79.1 Å². The average Bonchev–Trinajstić information content (AvgIpc) is 2.83. The van der Waals surface area contributed by atoms with Crippen molar-refractivity contribution in [3.63, 3.8) is 0 Å². The Kier molecular flexibility index (Phi) is 12.9. The normalized spacial score (nSPS) is 13.9. The van der Waals surface area contributed by atoms with Crippen molar-refractivity contribution in [2.75, 3.05) is 5.75 Å². The second-order valence-corrected chi connectivity index (χ2v) is 8.41. The van der Waals surface area contributed by atoms with Gasteiger partial charge >= 0.3 is 17.9 Å². The maximum Gasteiger partial charge on any atom is 0.326 e. The molecule has 3 amide bonds. The Balaban J connectivity index is 3.06. The standard InChI is InChI=1S/C22H30N4O10S/c23-13(10-37)19(32)24-14(5-7-17(28)29)20(33)25-15(6-8-18(30)31)21(34)26-16(22(35)36)9-11-1-3-12(27)4-2-11/h1-4,13-16,27,37H,5-10,23H2,(H,24,32)(H,25,33)(H,26,34)(H,28,29)(H,30,31)(H,35,36). The molecule has 0 heterocycles. The summed E-state index contributed by atoms with van der Waals surface area (Å²) in [6.07, 6.45) is -2.05. The fourth-order valence-corrected chi connectivity index (χ4v) is 3.21. The van der Waals surface area contributed by atoms with Gasteiger partial charge in [-0.25, -0.2) is 4.79 Å². The van der Waals surface area contributed by atoms with Crippen molar-refractivity contribution in [1.29, 1.82) is 0 Å². The fourth-order valence-electron chi connectivity index (χ4n) is 3.05. The number of amides is 3. The van der Waals surface area contributed by atoms with Crippen molar-refractivity contribution in [2.24, 2.45) is 5.73 Å². The van der Waals surface area contributed by atoms with Crippen LogP contribution in [0.2, 0.25) is 0 Å². The zero-order chi connectivity index (χ0) is 28.1. The molecule has 0 aliphatic carbocycles. The van der Waals surface area contributed by atoms with Crippen LogP contribution in [0.4, 0.5) is 0 Å². The molecule has 0 saturated carbocycles. The number of thiol groups is 1. The van der Waals surface area contributed by atoms with Gasteiger partial charge in [-0.05, 0) is 30.5 Å². The number of hydrogen-bond acceptors (Lipinski definition) is 9. The largest absolute Gasteiger partial charge is 0.508 e. The summed E-state index contributed by atoms with van der Waals surface area (Å²) in [4.78, 5) is 71.7. The number of phenolic OH excluding ortho intramolecular Hbond substituents is 1. The molecule has 0 aliphatic heterocycles. The molecule has 0 spiro atoms. The monoisotopic (exact) mass is 542 g/mol. The van der Waals surface area contributed by atoms with E-state index in [0.717, 1.165) is 0 Å². The van der Waals surface area contributed by atoms with Gasteiger partial charge < -0.3 is 42.1 Å².